The number of hydrogen-bond acceptors (Lipinski definition) is 3. The maximum absolute atomic E-state index is 12.7. The number of amides is 2. The van der Waals surface area contributed by atoms with Crippen LogP contribution in [0.3, 0.4) is 0 Å². The summed E-state index contributed by atoms with van der Waals surface area (Å²) in [6, 6.07) is 5.81. The van der Waals surface area contributed by atoms with Crippen LogP contribution in [-0.2, 0) is 0 Å². The number of carbonyl (C=O) groups excluding carboxylic acids is 2. The van der Waals surface area contributed by atoms with Gasteiger partial charge in [0, 0.05) is 25.2 Å². The van der Waals surface area contributed by atoms with Gasteiger partial charge in [-0.25, -0.2) is 0 Å². The predicted molar refractivity (Wildman–Crippen MR) is 97.9 cm³/mol. The van der Waals surface area contributed by atoms with Gasteiger partial charge in [-0.05, 0) is 43.9 Å². The largest absolute Gasteiger partial charge is 0.354 e. The molecule has 1 aliphatic carbocycles. The van der Waals surface area contributed by atoms with Crippen molar-refractivity contribution in [2.45, 2.75) is 63.6 Å². The molecule has 134 valence electrons. The van der Waals surface area contributed by atoms with E-state index in [0.717, 1.165) is 37.9 Å². The molecule has 0 bridgehead atoms. The van der Waals surface area contributed by atoms with Gasteiger partial charge in [0.1, 0.15) is 6.17 Å². The molecule has 2 fully saturated rings. The molecular weight excluding hydrogens is 314 g/mol. The Bertz CT molecular complexity index is 680. The molecule has 1 aromatic carbocycles. The summed E-state index contributed by atoms with van der Waals surface area (Å²) < 4.78 is 0. The highest BCUT2D eigenvalue weighted by Gasteiger charge is 2.38. The quantitative estimate of drug-likeness (QED) is 0.841. The van der Waals surface area contributed by atoms with Crippen LogP contribution in [0, 0.1) is 0 Å². The molecule has 1 aromatic rings. The van der Waals surface area contributed by atoms with Crippen molar-refractivity contribution in [3.05, 3.63) is 29.3 Å². The zero-order chi connectivity index (χ0) is 17.4. The lowest BCUT2D eigenvalue weighted by Gasteiger charge is -2.40. The number of anilines is 1. The van der Waals surface area contributed by atoms with Crippen LogP contribution in [-0.4, -0.2) is 42.5 Å². The number of fused-ring (bicyclic) bond motifs is 2. The second-order valence-corrected chi connectivity index (χ2v) is 7.63. The summed E-state index contributed by atoms with van der Waals surface area (Å²) >= 11 is 0. The molecule has 1 saturated carbocycles. The summed E-state index contributed by atoms with van der Waals surface area (Å²) in [6.45, 7) is 0.831. The van der Waals surface area contributed by atoms with E-state index >= 15 is 0 Å². The van der Waals surface area contributed by atoms with Gasteiger partial charge in [-0.2, -0.15) is 0 Å². The average Bonchev–Trinajstić information content (AvgIpc) is 2.98. The molecule has 2 amide bonds. The molecule has 1 N–H and O–H groups in total. The normalized spacial score (nSPS) is 23.9. The Kier molecular flexibility index (Phi) is 4.40. The van der Waals surface area contributed by atoms with Crippen molar-refractivity contribution < 1.29 is 9.59 Å². The summed E-state index contributed by atoms with van der Waals surface area (Å²) in [7, 11) is 2.03. The van der Waals surface area contributed by atoms with E-state index in [4.69, 9.17) is 0 Å². The van der Waals surface area contributed by atoms with Crippen LogP contribution in [0.25, 0.3) is 0 Å². The van der Waals surface area contributed by atoms with Crippen LogP contribution >= 0.6 is 0 Å². The lowest BCUT2D eigenvalue weighted by atomic mass is 10.0. The summed E-state index contributed by atoms with van der Waals surface area (Å²) in [5, 5.41) is 3.20. The standard InChI is InChI=1S/C20H27N3O2/c1-22-17-13-14(19(24)21-15-7-4-2-3-5-8-15)10-11-16(17)20(25)23-12-6-9-18(22)23/h10-11,13,15,18H,2-9,12H2,1H3,(H,21,24)/t18-/m1/s1. The van der Waals surface area contributed by atoms with Crippen molar-refractivity contribution in [2.75, 3.05) is 18.5 Å². The van der Waals surface area contributed by atoms with Gasteiger partial charge >= 0.3 is 0 Å². The molecule has 0 spiro atoms. The van der Waals surface area contributed by atoms with Crippen LogP contribution in [0.5, 0.6) is 0 Å². The highest BCUT2D eigenvalue weighted by molar-refractivity contribution is 6.04. The van der Waals surface area contributed by atoms with Crippen molar-refractivity contribution >= 4 is 17.5 Å². The summed E-state index contributed by atoms with van der Waals surface area (Å²) in [5.41, 5.74) is 2.27. The van der Waals surface area contributed by atoms with Crippen molar-refractivity contribution in [3.63, 3.8) is 0 Å². The Morgan fingerprint density at radius 2 is 1.84 bits per heavy atom. The third-order valence-electron chi connectivity index (χ3n) is 5.99. The van der Waals surface area contributed by atoms with Gasteiger partial charge in [-0.1, -0.05) is 25.7 Å². The third-order valence-corrected chi connectivity index (χ3v) is 5.99. The van der Waals surface area contributed by atoms with Crippen molar-refractivity contribution in [3.8, 4) is 0 Å². The van der Waals surface area contributed by atoms with Crippen LogP contribution in [0.4, 0.5) is 5.69 Å². The fraction of sp³-hybridized carbons (Fsp3) is 0.600. The SMILES string of the molecule is CN1c2cc(C(=O)NC3CCCCCC3)ccc2C(=O)N2CCC[C@@H]21. The first-order chi connectivity index (χ1) is 12.1. The number of nitrogens with one attached hydrogen (secondary N) is 1. The Hall–Kier alpha value is -2.04. The molecule has 5 nitrogen and oxygen atoms in total. The zero-order valence-electron chi connectivity index (χ0n) is 15.0. The second kappa shape index (κ2) is 6.70. The lowest BCUT2D eigenvalue weighted by molar-refractivity contribution is 0.0719. The molecule has 1 atom stereocenters. The summed E-state index contributed by atoms with van der Waals surface area (Å²) in [5.74, 6) is 0.0933. The van der Waals surface area contributed by atoms with Crippen molar-refractivity contribution in [1.82, 2.24) is 10.2 Å². The van der Waals surface area contributed by atoms with Gasteiger partial charge in [-0.15, -0.1) is 0 Å². The molecule has 4 rings (SSSR count). The van der Waals surface area contributed by atoms with Gasteiger partial charge in [0.05, 0.1) is 11.3 Å². The minimum absolute atomic E-state index is 0.00981. The summed E-state index contributed by atoms with van der Waals surface area (Å²) in [4.78, 5) is 29.5. The first-order valence-corrected chi connectivity index (χ1v) is 9.64. The molecule has 2 heterocycles. The molecule has 0 radical (unpaired) electrons. The third kappa shape index (κ3) is 3.00. The van der Waals surface area contributed by atoms with Crippen molar-refractivity contribution in [1.29, 1.82) is 0 Å². The van der Waals surface area contributed by atoms with Crippen LogP contribution in [0.1, 0.15) is 72.1 Å². The zero-order valence-corrected chi connectivity index (χ0v) is 15.0. The topological polar surface area (TPSA) is 52.7 Å². The smallest absolute Gasteiger partial charge is 0.257 e. The van der Waals surface area contributed by atoms with Gasteiger partial charge < -0.3 is 15.1 Å². The number of hydrogen-bond donors (Lipinski definition) is 1. The van der Waals surface area contributed by atoms with Crippen LogP contribution in [0.2, 0.25) is 0 Å². The summed E-state index contributed by atoms with van der Waals surface area (Å²) in [6.07, 6.45) is 9.28. The van der Waals surface area contributed by atoms with E-state index in [9.17, 15) is 9.59 Å². The van der Waals surface area contributed by atoms with E-state index in [1.165, 1.54) is 25.7 Å². The monoisotopic (exact) mass is 341 g/mol. The number of carbonyl (C=O) groups is 2. The van der Waals surface area contributed by atoms with E-state index in [2.05, 4.69) is 10.2 Å². The van der Waals surface area contributed by atoms with Gasteiger partial charge in [0.25, 0.3) is 11.8 Å². The molecule has 0 aromatic heterocycles. The van der Waals surface area contributed by atoms with Gasteiger partial charge in [-0.3, -0.25) is 9.59 Å². The molecule has 25 heavy (non-hydrogen) atoms. The predicted octanol–water partition coefficient (Wildman–Crippen LogP) is 3.15. The average molecular weight is 341 g/mol. The van der Waals surface area contributed by atoms with E-state index in [0.29, 0.717) is 11.1 Å². The Labute approximate surface area is 149 Å². The van der Waals surface area contributed by atoms with Crippen LogP contribution in [0.15, 0.2) is 18.2 Å². The molecular formula is C20H27N3O2. The Morgan fingerprint density at radius 1 is 1.08 bits per heavy atom. The minimum atomic E-state index is -0.00981. The number of nitrogens with zero attached hydrogens (tertiary/aromatic N) is 2. The van der Waals surface area contributed by atoms with Gasteiger partial charge in [0.2, 0.25) is 0 Å². The molecule has 5 heteroatoms. The fourth-order valence-corrected chi connectivity index (χ4v) is 4.54. The van der Waals surface area contributed by atoms with Gasteiger partial charge in [0.15, 0.2) is 0 Å². The Balaban J connectivity index is 1.55. The second-order valence-electron chi connectivity index (χ2n) is 7.63. The highest BCUT2D eigenvalue weighted by atomic mass is 16.2. The molecule has 2 aliphatic heterocycles. The highest BCUT2D eigenvalue weighted by Crippen LogP contribution is 2.35. The first-order valence-electron chi connectivity index (χ1n) is 9.64. The number of benzene rings is 1. The van der Waals surface area contributed by atoms with E-state index < -0.39 is 0 Å². The maximum atomic E-state index is 12.7. The lowest BCUT2D eigenvalue weighted by Crippen LogP contribution is -2.50. The molecule has 3 aliphatic rings. The molecule has 1 saturated heterocycles. The Morgan fingerprint density at radius 3 is 2.60 bits per heavy atom. The first kappa shape index (κ1) is 16.4. The van der Waals surface area contributed by atoms with Crippen LogP contribution < -0.4 is 10.2 Å². The maximum Gasteiger partial charge on any atom is 0.257 e. The van der Waals surface area contributed by atoms with E-state index in [1.54, 1.807) is 6.07 Å². The number of rotatable bonds is 2. The minimum Gasteiger partial charge on any atom is -0.354 e. The van der Waals surface area contributed by atoms with E-state index in [1.807, 2.05) is 24.1 Å². The van der Waals surface area contributed by atoms with E-state index in [-0.39, 0.29) is 24.0 Å². The fourth-order valence-electron chi connectivity index (χ4n) is 4.54. The van der Waals surface area contributed by atoms with Crippen molar-refractivity contribution in [2.24, 2.45) is 0 Å². The molecule has 0 unspecified atom stereocenters.